The van der Waals surface area contributed by atoms with Crippen molar-refractivity contribution in [2.75, 3.05) is 0 Å². The fourth-order valence-electron chi connectivity index (χ4n) is 1.46. The van der Waals surface area contributed by atoms with E-state index in [0.29, 0.717) is 0 Å². The van der Waals surface area contributed by atoms with Gasteiger partial charge in [0.05, 0.1) is 17.4 Å². The van der Waals surface area contributed by atoms with Crippen LogP contribution >= 0.6 is 0 Å². The molecule has 1 atom stereocenters. The lowest BCUT2D eigenvalue weighted by atomic mass is 10.0. The predicted molar refractivity (Wildman–Crippen MR) is 63.6 cm³/mol. The van der Waals surface area contributed by atoms with E-state index in [1.54, 1.807) is 12.4 Å². The van der Waals surface area contributed by atoms with E-state index in [1.807, 2.05) is 25.3 Å². The minimum absolute atomic E-state index is 0.398. The first kappa shape index (κ1) is 10.8. The molecule has 2 rings (SSSR count). The van der Waals surface area contributed by atoms with Gasteiger partial charge in [-0.25, -0.2) is 4.98 Å². The summed E-state index contributed by atoms with van der Waals surface area (Å²) in [6.45, 7) is 4.02. The highest BCUT2D eigenvalue weighted by Gasteiger charge is 2.22. The SMILES string of the molecule is CCC(C)(N)c1ncc(-c2ccncc2)[nH]1. The van der Waals surface area contributed by atoms with E-state index >= 15 is 0 Å². The molecular weight excluding hydrogens is 200 g/mol. The summed E-state index contributed by atoms with van der Waals surface area (Å²) in [5.41, 5.74) is 7.77. The van der Waals surface area contributed by atoms with Gasteiger partial charge in [-0.2, -0.15) is 0 Å². The maximum Gasteiger partial charge on any atom is 0.126 e. The number of nitrogens with two attached hydrogens (primary N) is 1. The standard InChI is InChI=1S/C12H16N4/c1-3-12(2,13)11-15-8-10(16-11)9-4-6-14-7-5-9/h4-8H,3,13H2,1-2H3,(H,15,16). The maximum atomic E-state index is 6.12. The molecule has 84 valence electrons. The van der Waals surface area contributed by atoms with Crippen molar-refractivity contribution >= 4 is 0 Å². The van der Waals surface area contributed by atoms with Gasteiger partial charge in [0, 0.05) is 18.0 Å². The summed E-state index contributed by atoms with van der Waals surface area (Å²) < 4.78 is 0. The second-order valence-electron chi connectivity index (χ2n) is 4.15. The van der Waals surface area contributed by atoms with Crippen molar-refractivity contribution < 1.29 is 0 Å². The molecule has 0 saturated carbocycles. The first-order valence-corrected chi connectivity index (χ1v) is 5.38. The molecule has 0 amide bonds. The third-order valence-electron chi connectivity index (χ3n) is 2.84. The molecule has 0 radical (unpaired) electrons. The van der Waals surface area contributed by atoms with E-state index in [0.717, 1.165) is 23.5 Å². The molecule has 3 N–H and O–H groups in total. The van der Waals surface area contributed by atoms with Crippen LogP contribution in [0.25, 0.3) is 11.3 Å². The third kappa shape index (κ3) is 1.97. The molecule has 0 saturated heterocycles. The van der Waals surface area contributed by atoms with E-state index in [2.05, 4.69) is 21.9 Å². The van der Waals surface area contributed by atoms with Crippen molar-refractivity contribution in [2.24, 2.45) is 5.73 Å². The van der Waals surface area contributed by atoms with Gasteiger partial charge in [0.1, 0.15) is 5.82 Å². The van der Waals surface area contributed by atoms with Gasteiger partial charge in [-0.15, -0.1) is 0 Å². The van der Waals surface area contributed by atoms with E-state index < -0.39 is 5.54 Å². The summed E-state index contributed by atoms with van der Waals surface area (Å²) in [6.07, 6.45) is 6.18. The number of pyridine rings is 1. The molecular formula is C12H16N4. The molecule has 1 unspecified atom stereocenters. The van der Waals surface area contributed by atoms with Crippen LogP contribution in [0.3, 0.4) is 0 Å². The molecule has 16 heavy (non-hydrogen) atoms. The molecule has 2 heterocycles. The second kappa shape index (κ2) is 4.06. The summed E-state index contributed by atoms with van der Waals surface area (Å²) in [5.74, 6) is 0.821. The lowest BCUT2D eigenvalue weighted by Gasteiger charge is -2.19. The number of nitrogens with zero attached hydrogens (tertiary/aromatic N) is 2. The van der Waals surface area contributed by atoms with Crippen molar-refractivity contribution in [3.05, 3.63) is 36.5 Å². The Morgan fingerprint density at radius 1 is 1.38 bits per heavy atom. The van der Waals surface area contributed by atoms with Gasteiger partial charge < -0.3 is 10.7 Å². The zero-order valence-corrected chi connectivity index (χ0v) is 9.57. The summed E-state index contributed by atoms with van der Waals surface area (Å²) in [5, 5.41) is 0. The Bertz CT molecular complexity index is 459. The summed E-state index contributed by atoms with van der Waals surface area (Å²) in [7, 11) is 0. The van der Waals surface area contributed by atoms with Crippen molar-refractivity contribution in [1.29, 1.82) is 0 Å². The van der Waals surface area contributed by atoms with Gasteiger partial charge >= 0.3 is 0 Å². The number of hydrogen-bond donors (Lipinski definition) is 2. The Hall–Kier alpha value is -1.68. The molecule has 0 spiro atoms. The van der Waals surface area contributed by atoms with Crippen LogP contribution in [0.4, 0.5) is 0 Å². The van der Waals surface area contributed by atoms with Gasteiger partial charge in [-0.1, -0.05) is 6.92 Å². The average molecular weight is 216 g/mol. The molecule has 0 bridgehead atoms. The van der Waals surface area contributed by atoms with Gasteiger partial charge in [-0.05, 0) is 25.5 Å². The topological polar surface area (TPSA) is 67.6 Å². The van der Waals surface area contributed by atoms with Crippen LogP contribution < -0.4 is 5.73 Å². The van der Waals surface area contributed by atoms with Gasteiger partial charge in [-0.3, -0.25) is 4.98 Å². The fraction of sp³-hybridized carbons (Fsp3) is 0.333. The largest absolute Gasteiger partial charge is 0.340 e. The van der Waals surface area contributed by atoms with Crippen LogP contribution in [0.15, 0.2) is 30.7 Å². The lowest BCUT2D eigenvalue weighted by molar-refractivity contribution is 0.450. The minimum Gasteiger partial charge on any atom is -0.340 e. The average Bonchev–Trinajstić information content (AvgIpc) is 2.80. The van der Waals surface area contributed by atoms with Crippen LogP contribution in [0.5, 0.6) is 0 Å². The third-order valence-corrected chi connectivity index (χ3v) is 2.84. The molecule has 4 nitrogen and oxygen atoms in total. The quantitative estimate of drug-likeness (QED) is 0.825. The molecule has 0 aromatic carbocycles. The number of imidazole rings is 1. The second-order valence-corrected chi connectivity index (χ2v) is 4.15. The van der Waals surface area contributed by atoms with Crippen LogP contribution in [0.2, 0.25) is 0 Å². The highest BCUT2D eigenvalue weighted by molar-refractivity contribution is 5.57. The summed E-state index contributed by atoms with van der Waals surface area (Å²) >= 11 is 0. The van der Waals surface area contributed by atoms with Gasteiger partial charge in [0.2, 0.25) is 0 Å². The van der Waals surface area contributed by atoms with E-state index in [4.69, 9.17) is 5.73 Å². The smallest absolute Gasteiger partial charge is 0.126 e. The van der Waals surface area contributed by atoms with Crippen LogP contribution in [-0.4, -0.2) is 15.0 Å². The molecule has 2 aromatic rings. The Morgan fingerprint density at radius 3 is 2.69 bits per heavy atom. The number of aromatic nitrogens is 3. The zero-order chi connectivity index (χ0) is 11.6. The predicted octanol–water partition coefficient (Wildman–Crippen LogP) is 2.06. The number of nitrogens with one attached hydrogen (secondary N) is 1. The number of hydrogen-bond acceptors (Lipinski definition) is 3. The van der Waals surface area contributed by atoms with E-state index in [-0.39, 0.29) is 0 Å². The maximum absolute atomic E-state index is 6.12. The van der Waals surface area contributed by atoms with Gasteiger partial charge in [0.15, 0.2) is 0 Å². The van der Waals surface area contributed by atoms with Crippen molar-refractivity contribution in [3.63, 3.8) is 0 Å². The Labute approximate surface area is 94.9 Å². The van der Waals surface area contributed by atoms with Crippen molar-refractivity contribution in [1.82, 2.24) is 15.0 Å². The minimum atomic E-state index is -0.398. The summed E-state index contributed by atoms with van der Waals surface area (Å²) in [4.78, 5) is 11.6. The fourth-order valence-corrected chi connectivity index (χ4v) is 1.46. The first-order valence-electron chi connectivity index (χ1n) is 5.38. The monoisotopic (exact) mass is 216 g/mol. The first-order chi connectivity index (χ1) is 7.63. The number of H-pyrrole nitrogens is 1. The van der Waals surface area contributed by atoms with Crippen LogP contribution in [0.1, 0.15) is 26.1 Å². The van der Waals surface area contributed by atoms with Crippen LogP contribution in [0, 0.1) is 0 Å². The Balaban J connectivity index is 2.34. The van der Waals surface area contributed by atoms with Crippen LogP contribution in [-0.2, 0) is 5.54 Å². The van der Waals surface area contributed by atoms with E-state index in [1.165, 1.54) is 0 Å². The molecule has 4 heteroatoms. The molecule has 2 aromatic heterocycles. The molecule has 0 aliphatic carbocycles. The van der Waals surface area contributed by atoms with Crippen molar-refractivity contribution in [2.45, 2.75) is 25.8 Å². The molecule has 0 aliphatic rings. The van der Waals surface area contributed by atoms with Gasteiger partial charge in [0.25, 0.3) is 0 Å². The normalized spacial score (nSPS) is 14.7. The Kier molecular flexibility index (Phi) is 2.75. The molecule has 0 fully saturated rings. The Morgan fingerprint density at radius 2 is 2.06 bits per heavy atom. The lowest BCUT2D eigenvalue weighted by Crippen LogP contribution is -2.33. The number of aromatic amines is 1. The zero-order valence-electron chi connectivity index (χ0n) is 9.57. The van der Waals surface area contributed by atoms with E-state index in [9.17, 15) is 0 Å². The summed E-state index contributed by atoms with van der Waals surface area (Å²) in [6, 6.07) is 3.88. The van der Waals surface area contributed by atoms with Crippen molar-refractivity contribution in [3.8, 4) is 11.3 Å². The number of rotatable bonds is 3. The highest BCUT2D eigenvalue weighted by Crippen LogP contribution is 2.22. The molecule has 0 aliphatic heterocycles. The highest BCUT2D eigenvalue weighted by atomic mass is 15.0.